The van der Waals surface area contributed by atoms with Crippen molar-refractivity contribution in [1.82, 2.24) is 0 Å². The molecule has 2 aliphatic heterocycles. The number of hydrogen-bond donors (Lipinski definition) is 2. The molecule has 4 rings (SSSR count). The van der Waals surface area contributed by atoms with Crippen LogP contribution in [0.1, 0.15) is 31.2 Å². The Morgan fingerprint density at radius 1 is 1.00 bits per heavy atom. The summed E-state index contributed by atoms with van der Waals surface area (Å²) in [5.41, 5.74) is 8.41. The fraction of sp³-hybridized carbons (Fsp3) is 0.444. The summed E-state index contributed by atoms with van der Waals surface area (Å²) in [5.74, 6) is 0. The number of benzene rings is 2. The highest BCUT2D eigenvalue weighted by molar-refractivity contribution is 5.97. The predicted molar refractivity (Wildman–Crippen MR) is 86.4 cm³/mol. The number of aliphatic hydroxyl groups is 1. The average molecular weight is 282 g/mol. The molecule has 21 heavy (non-hydrogen) atoms. The first-order chi connectivity index (χ1) is 10.3. The van der Waals surface area contributed by atoms with Gasteiger partial charge < -0.3 is 15.7 Å². The minimum atomic E-state index is -0.117. The summed E-state index contributed by atoms with van der Waals surface area (Å²) in [6.07, 6.45) is 4.10. The predicted octanol–water partition coefficient (Wildman–Crippen LogP) is 2.79. The second-order valence-electron chi connectivity index (χ2n) is 6.41. The molecule has 110 valence electrons. The molecule has 0 spiro atoms. The lowest BCUT2D eigenvalue weighted by atomic mass is 9.96. The summed E-state index contributed by atoms with van der Waals surface area (Å²) >= 11 is 0. The minimum Gasteiger partial charge on any atom is -0.393 e. The summed E-state index contributed by atoms with van der Waals surface area (Å²) in [5, 5.41) is 12.6. The van der Waals surface area contributed by atoms with E-state index in [4.69, 9.17) is 5.73 Å². The highest BCUT2D eigenvalue weighted by Gasteiger charge is 2.40. The van der Waals surface area contributed by atoms with E-state index in [1.807, 2.05) is 0 Å². The molecule has 3 nitrogen and oxygen atoms in total. The molecule has 2 bridgehead atoms. The molecule has 0 aliphatic carbocycles. The van der Waals surface area contributed by atoms with E-state index in [2.05, 4.69) is 41.3 Å². The van der Waals surface area contributed by atoms with Gasteiger partial charge in [0.05, 0.1) is 6.10 Å². The first-order valence-corrected chi connectivity index (χ1v) is 7.95. The lowest BCUT2D eigenvalue weighted by Gasteiger charge is -2.39. The molecular weight excluding hydrogens is 260 g/mol. The monoisotopic (exact) mass is 282 g/mol. The number of rotatable bonds is 2. The average Bonchev–Trinajstić information content (AvgIpc) is 2.77. The number of hydrogen-bond acceptors (Lipinski definition) is 3. The molecule has 3 N–H and O–H groups in total. The van der Waals surface area contributed by atoms with Crippen LogP contribution in [0.2, 0.25) is 0 Å². The van der Waals surface area contributed by atoms with Crippen molar-refractivity contribution >= 4 is 16.5 Å². The fourth-order valence-electron chi connectivity index (χ4n) is 4.29. The summed E-state index contributed by atoms with van der Waals surface area (Å²) in [6, 6.07) is 13.9. The van der Waals surface area contributed by atoms with E-state index in [1.54, 1.807) is 0 Å². The van der Waals surface area contributed by atoms with Crippen molar-refractivity contribution in [1.29, 1.82) is 0 Å². The van der Waals surface area contributed by atoms with Crippen LogP contribution in [0.5, 0.6) is 0 Å². The van der Waals surface area contributed by atoms with Gasteiger partial charge in [-0.05, 0) is 42.7 Å². The van der Waals surface area contributed by atoms with Crippen LogP contribution in [0.25, 0.3) is 10.8 Å². The van der Waals surface area contributed by atoms with Crippen LogP contribution in [0.4, 0.5) is 5.69 Å². The van der Waals surface area contributed by atoms with E-state index in [1.165, 1.54) is 34.9 Å². The molecule has 2 unspecified atom stereocenters. The SMILES string of the molecule is NCc1ccc(N2C3CCC2CC(O)C3)c2ccccc12. The zero-order valence-electron chi connectivity index (χ0n) is 12.2. The molecule has 2 aromatic carbocycles. The Balaban J connectivity index is 1.85. The van der Waals surface area contributed by atoms with Crippen LogP contribution in [0.3, 0.4) is 0 Å². The number of fused-ring (bicyclic) bond motifs is 3. The Morgan fingerprint density at radius 2 is 1.67 bits per heavy atom. The quantitative estimate of drug-likeness (QED) is 0.890. The highest BCUT2D eigenvalue weighted by Crippen LogP contribution is 2.42. The number of nitrogens with zero attached hydrogens (tertiary/aromatic N) is 1. The summed E-state index contributed by atoms with van der Waals surface area (Å²) in [6.45, 7) is 0.576. The van der Waals surface area contributed by atoms with Gasteiger partial charge in [-0.25, -0.2) is 0 Å². The first kappa shape index (κ1) is 13.1. The Morgan fingerprint density at radius 3 is 2.33 bits per heavy atom. The van der Waals surface area contributed by atoms with E-state index in [0.717, 1.165) is 12.8 Å². The second-order valence-corrected chi connectivity index (χ2v) is 6.41. The summed E-state index contributed by atoms with van der Waals surface area (Å²) in [4.78, 5) is 2.56. The smallest absolute Gasteiger partial charge is 0.0579 e. The van der Waals surface area contributed by atoms with Crippen molar-refractivity contribution in [2.75, 3.05) is 4.90 Å². The topological polar surface area (TPSA) is 49.5 Å². The molecule has 2 heterocycles. The van der Waals surface area contributed by atoms with Crippen LogP contribution < -0.4 is 10.6 Å². The minimum absolute atomic E-state index is 0.117. The van der Waals surface area contributed by atoms with Crippen molar-refractivity contribution < 1.29 is 5.11 Å². The Kier molecular flexibility index (Phi) is 3.12. The third-order valence-electron chi connectivity index (χ3n) is 5.20. The largest absolute Gasteiger partial charge is 0.393 e. The van der Waals surface area contributed by atoms with Crippen molar-refractivity contribution in [3.63, 3.8) is 0 Å². The lowest BCUT2D eigenvalue weighted by molar-refractivity contribution is 0.126. The van der Waals surface area contributed by atoms with Crippen molar-refractivity contribution in [2.45, 2.75) is 50.4 Å². The van der Waals surface area contributed by atoms with E-state index in [0.29, 0.717) is 18.6 Å². The van der Waals surface area contributed by atoms with Gasteiger partial charge in [-0.1, -0.05) is 30.3 Å². The van der Waals surface area contributed by atoms with Gasteiger partial charge >= 0.3 is 0 Å². The Bertz CT molecular complexity index is 655. The number of piperidine rings is 1. The van der Waals surface area contributed by atoms with Gasteiger partial charge in [0.15, 0.2) is 0 Å². The van der Waals surface area contributed by atoms with Crippen LogP contribution in [0.15, 0.2) is 36.4 Å². The van der Waals surface area contributed by atoms with Crippen LogP contribution in [-0.4, -0.2) is 23.3 Å². The van der Waals surface area contributed by atoms with Crippen LogP contribution >= 0.6 is 0 Å². The summed E-state index contributed by atoms with van der Waals surface area (Å²) in [7, 11) is 0. The van der Waals surface area contributed by atoms with Crippen molar-refractivity contribution in [2.24, 2.45) is 5.73 Å². The van der Waals surface area contributed by atoms with Gasteiger partial charge in [0.25, 0.3) is 0 Å². The zero-order valence-corrected chi connectivity index (χ0v) is 12.2. The molecule has 2 atom stereocenters. The van der Waals surface area contributed by atoms with E-state index in [-0.39, 0.29) is 6.10 Å². The Hall–Kier alpha value is -1.58. The maximum atomic E-state index is 10.0. The van der Waals surface area contributed by atoms with Gasteiger partial charge in [-0.2, -0.15) is 0 Å². The number of aliphatic hydroxyl groups excluding tert-OH is 1. The summed E-state index contributed by atoms with van der Waals surface area (Å²) < 4.78 is 0. The van der Waals surface area contributed by atoms with Gasteiger partial charge in [0.1, 0.15) is 0 Å². The molecule has 2 fully saturated rings. The first-order valence-electron chi connectivity index (χ1n) is 7.95. The van der Waals surface area contributed by atoms with Crippen LogP contribution in [0, 0.1) is 0 Å². The Labute approximate surface area is 125 Å². The number of anilines is 1. The molecule has 2 aromatic rings. The molecule has 0 amide bonds. The molecule has 0 radical (unpaired) electrons. The van der Waals surface area contributed by atoms with Crippen molar-refractivity contribution in [3.05, 3.63) is 42.0 Å². The van der Waals surface area contributed by atoms with Gasteiger partial charge in [0.2, 0.25) is 0 Å². The third kappa shape index (κ3) is 2.03. The molecule has 2 aliphatic rings. The van der Waals surface area contributed by atoms with E-state index < -0.39 is 0 Å². The molecule has 3 heteroatoms. The van der Waals surface area contributed by atoms with Crippen molar-refractivity contribution in [3.8, 4) is 0 Å². The highest BCUT2D eigenvalue weighted by atomic mass is 16.3. The second kappa shape index (κ2) is 5.00. The molecule has 0 saturated carbocycles. The van der Waals surface area contributed by atoms with Crippen LogP contribution in [-0.2, 0) is 6.54 Å². The van der Waals surface area contributed by atoms with Gasteiger partial charge in [0, 0.05) is 29.7 Å². The lowest BCUT2D eigenvalue weighted by Crippen LogP contribution is -2.44. The van der Waals surface area contributed by atoms with Gasteiger partial charge in [-0.3, -0.25) is 0 Å². The third-order valence-corrected chi connectivity index (χ3v) is 5.20. The molecule has 0 aromatic heterocycles. The zero-order chi connectivity index (χ0) is 14.4. The fourth-order valence-corrected chi connectivity index (χ4v) is 4.29. The van der Waals surface area contributed by atoms with E-state index in [9.17, 15) is 5.11 Å². The maximum absolute atomic E-state index is 10.0. The number of nitrogens with two attached hydrogens (primary N) is 1. The normalized spacial score (nSPS) is 28.3. The standard InChI is InChI=1S/C18H22N2O/c19-11-12-5-8-18(17-4-2-1-3-16(12)17)20-13-6-7-14(20)10-15(21)9-13/h1-5,8,13-15,21H,6-7,9-11,19H2. The van der Waals surface area contributed by atoms with Gasteiger partial charge in [-0.15, -0.1) is 0 Å². The van der Waals surface area contributed by atoms with E-state index >= 15 is 0 Å². The molecular formula is C18H22N2O. The molecule has 2 saturated heterocycles. The maximum Gasteiger partial charge on any atom is 0.0579 e.